The fraction of sp³-hybridized carbons (Fsp3) is 0.125. The lowest BCUT2D eigenvalue weighted by molar-refractivity contribution is 0.0916. The topological polar surface area (TPSA) is 43.4 Å². The Morgan fingerprint density at radius 2 is 1.71 bits per heavy atom. The highest BCUT2D eigenvalue weighted by Crippen LogP contribution is 2.14. The van der Waals surface area contributed by atoms with E-state index >= 15 is 0 Å². The summed E-state index contributed by atoms with van der Waals surface area (Å²) in [7, 11) is 0. The molecule has 0 heterocycles. The second-order valence-corrected chi connectivity index (χ2v) is 4.42. The molecule has 0 aliphatic carbocycles. The third kappa shape index (κ3) is 3.72. The van der Waals surface area contributed by atoms with Crippen LogP contribution in [-0.2, 0) is 0 Å². The Balaban J connectivity index is 2.02. The maximum atomic E-state index is 13.4. The maximum Gasteiger partial charge on any atom is 0.203 e. The van der Waals surface area contributed by atoms with Gasteiger partial charge >= 0.3 is 0 Å². The van der Waals surface area contributed by atoms with E-state index < -0.39 is 17.4 Å². The van der Waals surface area contributed by atoms with Gasteiger partial charge in [-0.15, -0.1) is 0 Å². The molecule has 0 amide bonds. The van der Waals surface area contributed by atoms with Crippen molar-refractivity contribution >= 4 is 11.6 Å². The molecule has 3 nitrogen and oxygen atoms in total. The molecule has 0 bridgehead atoms. The van der Waals surface area contributed by atoms with Gasteiger partial charge in [0.15, 0.2) is 12.4 Å². The maximum absolute atomic E-state index is 13.4. The molecule has 2 aromatic carbocycles. The van der Waals surface area contributed by atoms with Gasteiger partial charge in [-0.05, 0) is 43.3 Å². The Hall–Kier alpha value is -2.56. The summed E-state index contributed by atoms with van der Waals surface area (Å²) in [6.45, 7) is 1.07. The first kappa shape index (κ1) is 14.8. The monoisotopic (exact) mass is 290 g/mol. The van der Waals surface area contributed by atoms with Gasteiger partial charge < -0.3 is 4.74 Å². The molecule has 21 heavy (non-hydrogen) atoms. The van der Waals surface area contributed by atoms with E-state index in [2.05, 4.69) is 0 Å². The highest BCUT2D eigenvalue weighted by Gasteiger charge is 2.13. The van der Waals surface area contributed by atoms with E-state index in [1.807, 2.05) is 0 Å². The number of Topliss-reactive ketones (excluding diaryl/α,β-unsaturated/α-hetero) is 2. The molecule has 0 aromatic heterocycles. The van der Waals surface area contributed by atoms with Gasteiger partial charge in [-0.25, -0.2) is 8.78 Å². The van der Waals surface area contributed by atoms with Gasteiger partial charge in [0, 0.05) is 11.6 Å². The lowest BCUT2D eigenvalue weighted by atomic mass is 10.1. The van der Waals surface area contributed by atoms with Gasteiger partial charge in [-0.3, -0.25) is 9.59 Å². The molecule has 0 saturated carbocycles. The molecule has 0 unspecified atom stereocenters. The smallest absolute Gasteiger partial charge is 0.203 e. The van der Waals surface area contributed by atoms with E-state index in [9.17, 15) is 18.4 Å². The van der Waals surface area contributed by atoms with E-state index in [0.717, 1.165) is 12.1 Å². The number of hydrogen-bond acceptors (Lipinski definition) is 3. The quantitative estimate of drug-likeness (QED) is 0.792. The standard InChI is InChI=1S/C16H12F2O3/c1-10(19)11-2-5-13(6-3-11)21-9-16(20)14-7-4-12(17)8-15(14)18/h2-8H,9H2,1H3. The summed E-state index contributed by atoms with van der Waals surface area (Å²) in [4.78, 5) is 22.9. The molecule has 0 N–H and O–H groups in total. The third-order valence-corrected chi connectivity index (χ3v) is 2.86. The number of hydrogen-bond donors (Lipinski definition) is 0. The molecule has 0 radical (unpaired) electrons. The zero-order chi connectivity index (χ0) is 15.4. The summed E-state index contributed by atoms with van der Waals surface area (Å²) < 4.78 is 31.4. The van der Waals surface area contributed by atoms with Crippen LogP contribution >= 0.6 is 0 Å². The largest absolute Gasteiger partial charge is 0.485 e. The predicted molar refractivity (Wildman–Crippen MR) is 72.6 cm³/mol. The first-order chi connectivity index (χ1) is 9.97. The number of benzene rings is 2. The van der Waals surface area contributed by atoms with Crippen molar-refractivity contribution in [2.45, 2.75) is 6.92 Å². The van der Waals surface area contributed by atoms with Crippen LogP contribution in [0.15, 0.2) is 42.5 Å². The van der Waals surface area contributed by atoms with Crippen molar-refractivity contribution in [3.8, 4) is 5.75 Å². The molecule has 0 aliphatic rings. The van der Waals surface area contributed by atoms with Crippen LogP contribution in [0.1, 0.15) is 27.6 Å². The van der Waals surface area contributed by atoms with Crippen LogP contribution in [0.3, 0.4) is 0 Å². The number of halogens is 2. The van der Waals surface area contributed by atoms with E-state index in [4.69, 9.17) is 4.74 Å². The van der Waals surface area contributed by atoms with E-state index in [1.54, 1.807) is 24.3 Å². The van der Waals surface area contributed by atoms with Crippen molar-refractivity contribution in [1.82, 2.24) is 0 Å². The van der Waals surface area contributed by atoms with Crippen molar-refractivity contribution in [3.05, 3.63) is 65.2 Å². The summed E-state index contributed by atoms with van der Waals surface area (Å²) in [6.07, 6.45) is 0. The lowest BCUT2D eigenvalue weighted by Gasteiger charge is -2.07. The number of carbonyl (C=O) groups is 2. The molecule has 0 atom stereocenters. The SMILES string of the molecule is CC(=O)c1ccc(OCC(=O)c2ccc(F)cc2F)cc1. The van der Waals surface area contributed by atoms with E-state index in [0.29, 0.717) is 17.4 Å². The van der Waals surface area contributed by atoms with Crippen LogP contribution in [0.2, 0.25) is 0 Å². The average molecular weight is 290 g/mol. The van der Waals surface area contributed by atoms with Crippen LogP contribution in [0.4, 0.5) is 8.78 Å². The second kappa shape index (κ2) is 6.26. The molecule has 0 aliphatic heterocycles. The minimum Gasteiger partial charge on any atom is -0.485 e. The van der Waals surface area contributed by atoms with Crippen molar-refractivity contribution in [2.24, 2.45) is 0 Å². The van der Waals surface area contributed by atoms with E-state index in [-0.39, 0.29) is 18.0 Å². The van der Waals surface area contributed by atoms with Crippen LogP contribution in [0.25, 0.3) is 0 Å². The minimum atomic E-state index is -0.921. The van der Waals surface area contributed by atoms with Crippen LogP contribution < -0.4 is 4.74 Å². The number of ketones is 2. The molecule has 0 spiro atoms. The van der Waals surface area contributed by atoms with Crippen molar-refractivity contribution in [3.63, 3.8) is 0 Å². The minimum absolute atomic E-state index is 0.0778. The van der Waals surface area contributed by atoms with E-state index in [1.165, 1.54) is 6.92 Å². The summed E-state index contributed by atoms with van der Waals surface area (Å²) in [5, 5.41) is 0. The van der Waals surface area contributed by atoms with Gasteiger partial charge in [0.2, 0.25) is 5.78 Å². The van der Waals surface area contributed by atoms with Gasteiger partial charge in [-0.2, -0.15) is 0 Å². The Labute approximate surface area is 120 Å². The Morgan fingerprint density at radius 3 is 2.29 bits per heavy atom. The first-order valence-electron chi connectivity index (χ1n) is 6.19. The Morgan fingerprint density at radius 1 is 1.05 bits per heavy atom. The van der Waals surface area contributed by atoms with Crippen molar-refractivity contribution in [1.29, 1.82) is 0 Å². The number of rotatable bonds is 5. The van der Waals surface area contributed by atoms with Crippen molar-refractivity contribution in [2.75, 3.05) is 6.61 Å². The van der Waals surface area contributed by atoms with Crippen molar-refractivity contribution < 1.29 is 23.1 Å². The fourth-order valence-electron chi connectivity index (χ4n) is 1.73. The Kier molecular flexibility index (Phi) is 4.42. The molecule has 2 aromatic rings. The fourth-order valence-corrected chi connectivity index (χ4v) is 1.73. The predicted octanol–water partition coefficient (Wildman–Crippen LogP) is 3.43. The average Bonchev–Trinajstić information content (AvgIpc) is 2.45. The number of carbonyl (C=O) groups excluding carboxylic acids is 2. The zero-order valence-corrected chi connectivity index (χ0v) is 11.2. The second-order valence-electron chi connectivity index (χ2n) is 4.42. The van der Waals surface area contributed by atoms with Gasteiger partial charge in [0.1, 0.15) is 17.4 Å². The highest BCUT2D eigenvalue weighted by atomic mass is 19.1. The molecule has 2 rings (SSSR count). The van der Waals surface area contributed by atoms with Crippen LogP contribution in [-0.4, -0.2) is 18.2 Å². The summed E-state index contributed by atoms with van der Waals surface area (Å²) >= 11 is 0. The van der Waals surface area contributed by atoms with Gasteiger partial charge in [0.05, 0.1) is 5.56 Å². The third-order valence-electron chi connectivity index (χ3n) is 2.86. The normalized spacial score (nSPS) is 10.2. The summed E-state index contributed by atoms with van der Waals surface area (Å²) in [5.74, 6) is -1.95. The lowest BCUT2D eigenvalue weighted by Crippen LogP contribution is -2.13. The molecule has 0 fully saturated rings. The molecule has 108 valence electrons. The van der Waals surface area contributed by atoms with Crippen LogP contribution in [0.5, 0.6) is 5.75 Å². The number of ether oxygens (including phenoxy) is 1. The van der Waals surface area contributed by atoms with Crippen LogP contribution in [0, 0.1) is 11.6 Å². The molecule has 0 saturated heterocycles. The highest BCUT2D eigenvalue weighted by molar-refractivity contribution is 5.97. The van der Waals surface area contributed by atoms with Gasteiger partial charge in [0.25, 0.3) is 0 Å². The molecule has 5 heteroatoms. The zero-order valence-electron chi connectivity index (χ0n) is 11.2. The summed E-state index contributed by atoms with van der Waals surface area (Å²) in [5.41, 5.74) is 0.301. The molecular formula is C16H12F2O3. The molecular weight excluding hydrogens is 278 g/mol. The first-order valence-corrected chi connectivity index (χ1v) is 6.19. The Bertz CT molecular complexity index is 678. The summed E-state index contributed by atoms with van der Waals surface area (Å²) in [6, 6.07) is 8.97. The van der Waals surface area contributed by atoms with Gasteiger partial charge in [-0.1, -0.05) is 0 Å².